The molecule has 1 heterocycles. The number of aromatic nitrogens is 1. The van der Waals surface area contributed by atoms with E-state index in [0.29, 0.717) is 17.7 Å². The fourth-order valence-electron chi connectivity index (χ4n) is 3.30. The highest BCUT2D eigenvalue weighted by atomic mass is 16.5. The van der Waals surface area contributed by atoms with E-state index in [4.69, 9.17) is 15.5 Å². The van der Waals surface area contributed by atoms with E-state index < -0.39 is 5.91 Å². The van der Waals surface area contributed by atoms with E-state index in [2.05, 4.69) is 18.7 Å². The average molecular weight is 377 g/mol. The molecule has 0 aliphatic carbocycles. The molecule has 1 aromatic heterocycles. The average Bonchev–Trinajstić information content (AvgIpc) is 2.73. The molecule has 146 valence electrons. The maximum absolute atomic E-state index is 11.9. The van der Waals surface area contributed by atoms with Gasteiger partial charge >= 0.3 is 0 Å². The van der Waals surface area contributed by atoms with Gasteiger partial charge in [0, 0.05) is 23.6 Å². The fourth-order valence-corrected chi connectivity index (χ4v) is 3.30. The first-order valence-corrected chi connectivity index (χ1v) is 9.78. The van der Waals surface area contributed by atoms with Crippen LogP contribution in [-0.2, 0) is 0 Å². The lowest BCUT2D eigenvalue weighted by Gasteiger charge is -2.18. The van der Waals surface area contributed by atoms with Crippen LogP contribution < -0.4 is 10.5 Å². The van der Waals surface area contributed by atoms with Gasteiger partial charge in [-0.1, -0.05) is 50.2 Å². The first kappa shape index (κ1) is 19.8. The Morgan fingerprint density at radius 2 is 1.82 bits per heavy atom. The Labute approximate surface area is 166 Å². The summed E-state index contributed by atoms with van der Waals surface area (Å²) in [6.45, 7) is 8.00. The maximum atomic E-state index is 11.9. The van der Waals surface area contributed by atoms with Crippen LogP contribution in [0.5, 0.6) is 5.75 Å². The summed E-state index contributed by atoms with van der Waals surface area (Å²) in [5, 5.41) is 0.804. The molecule has 0 unspecified atom stereocenters. The number of primary amides is 1. The predicted molar refractivity (Wildman–Crippen MR) is 114 cm³/mol. The molecule has 1 amide bonds. The van der Waals surface area contributed by atoms with Gasteiger partial charge in [-0.15, -0.1) is 0 Å². The quantitative estimate of drug-likeness (QED) is 0.570. The van der Waals surface area contributed by atoms with Gasteiger partial charge in [0.15, 0.2) is 0 Å². The van der Waals surface area contributed by atoms with Gasteiger partial charge in [-0.05, 0) is 31.6 Å². The van der Waals surface area contributed by atoms with Crippen molar-refractivity contribution in [1.29, 1.82) is 0 Å². The van der Waals surface area contributed by atoms with Crippen molar-refractivity contribution in [2.75, 3.05) is 26.2 Å². The molecule has 2 N–H and O–H groups in total. The largest absolute Gasteiger partial charge is 0.493 e. The van der Waals surface area contributed by atoms with Gasteiger partial charge < -0.3 is 15.4 Å². The van der Waals surface area contributed by atoms with Gasteiger partial charge in [-0.25, -0.2) is 4.98 Å². The number of carbonyl (C=O) groups is 1. The Balaban J connectivity index is 1.95. The van der Waals surface area contributed by atoms with Crippen molar-refractivity contribution in [2.45, 2.75) is 20.3 Å². The number of carbonyl (C=O) groups excluding carboxylic acids is 1. The summed E-state index contributed by atoms with van der Waals surface area (Å²) in [7, 11) is 0. The number of hydrogen-bond donors (Lipinski definition) is 1. The van der Waals surface area contributed by atoms with Crippen molar-refractivity contribution < 1.29 is 9.53 Å². The van der Waals surface area contributed by atoms with Gasteiger partial charge in [0.05, 0.1) is 23.4 Å². The number of nitrogens with zero attached hydrogens (tertiary/aromatic N) is 2. The van der Waals surface area contributed by atoms with Gasteiger partial charge in [0.25, 0.3) is 5.91 Å². The zero-order valence-electron chi connectivity index (χ0n) is 16.5. The van der Waals surface area contributed by atoms with Crippen LogP contribution >= 0.6 is 0 Å². The van der Waals surface area contributed by atoms with Crippen molar-refractivity contribution in [3.63, 3.8) is 0 Å². The van der Waals surface area contributed by atoms with Gasteiger partial charge in [-0.2, -0.15) is 0 Å². The Bertz CT molecular complexity index is 937. The maximum Gasteiger partial charge on any atom is 0.250 e. The van der Waals surface area contributed by atoms with Crippen LogP contribution in [0.3, 0.4) is 0 Å². The number of hydrogen-bond acceptors (Lipinski definition) is 4. The third-order valence-electron chi connectivity index (χ3n) is 4.91. The van der Waals surface area contributed by atoms with E-state index in [9.17, 15) is 4.79 Å². The summed E-state index contributed by atoms with van der Waals surface area (Å²) in [6, 6.07) is 17.3. The molecule has 0 bridgehead atoms. The summed E-state index contributed by atoms with van der Waals surface area (Å²) in [4.78, 5) is 19.0. The molecule has 0 fully saturated rings. The van der Waals surface area contributed by atoms with E-state index in [-0.39, 0.29) is 0 Å². The van der Waals surface area contributed by atoms with E-state index in [1.165, 1.54) is 0 Å². The van der Waals surface area contributed by atoms with Crippen molar-refractivity contribution in [1.82, 2.24) is 9.88 Å². The van der Waals surface area contributed by atoms with Crippen molar-refractivity contribution >= 4 is 16.8 Å². The normalized spacial score (nSPS) is 11.1. The Hall–Kier alpha value is -2.92. The van der Waals surface area contributed by atoms with Crippen LogP contribution in [0.2, 0.25) is 0 Å². The lowest BCUT2D eigenvalue weighted by Crippen LogP contribution is -2.25. The number of ether oxygens (including phenoxy) is 1. The SMILES string of the molecule is CCN(CC)CCCOc1cc(-c2ccccc2)nc2c(C(N)=O)cccc12. The summed E-state index contributed by atoms with van der Waals surface area (Å²) in [6.07, 6.45) is 0.932. The minimum Gasteiger partial charge on any atom is -0.493 e. The third kappa shape index (κ3) is 4.49. The summed E-state index contributed by atoms with van der Waals surface area (Å²) >= 11 is 0. The molecule has 0 radical (unpaired) electrons. The standard InChI is InChI=1S/C23H27N3O2/c1-3-26(4-2)14-9-15-28-21-16-20(17-10-6-5-7-11-17)25-22-18(21)12-8-13-19(22)23(24)27/h5-8,10-13,16H,3-4,9,14-15H2,1-2H3,(H2,24,27). The highest BCUT2D eigenvalue weighted by Gasteiger charge is 2.14. The molecule has 5 nitrogen and oxygen atoms in total. The first-order valence-electron chi connectivity index (χ1n) is 9.78. The smallest absolute Gasteiger partial charge is 0.250 e. The Kier molecular flexibility index (Phi) is 6.61. The third-order valence-corrected chi connectivity index (χ3v) is 4.91. The summed E-state index contributed by atoms with van der Waals surface area (Å²) < 4.78 is 6.14. The zero-order valence-corrected chi connectivity index (χ0v) is 16.5. The molecule has 0 saturated heterocycles. The second-order valence-corrected chi connectivity index (χ2v) is 6.67. The molecule has 2 aromatic carbocycles. The van der Waals surface area contributed by atoms with Crippen LogP contribution in [0.1, 0.15) is 30.6 Å². The highest BCUT2D eigenvalue weighted by Crippen LogP contribution is 2.31. The number of fused-ring (bicyclic) bond motifs is 1. The predicted octanol–water partition coefficient (Wildman–Crippen LogP) is 4.11. The minimum absolute atomic E-state index is 0.406. The zero-order chi connectivity index (χ0) is 19.9. The van der Waals surface area contributed by atoms with E-state index in [0.717, 1.165) is 48.4 Å². The van der Waals surface area contributed by atoms with Gasteiger partial charge in [0.1, 0.15) is 5.75 Å². The number of rotatable bonds is 9. The van der Waals surface area contributed by atoms with Crippen LogP contribution in [0.4, 0.5) is 0 Å². The lowest BCUT2D eigenvalue weighted by molar-refractivity contribution is 0.100. The van der Waals surface area contributed by atoms with E-state index in [1.807, 2.05) is 48.5 Å². The van der Waals surface area contributed by atoms with Crippen molar-refractivity contribution in [3.8, 4) is 17.0 Å². The topological polar surface area (TPSA) is 68.4 Å². The molecule has 5 heteroatoms. The van der Waals surface area contributed by atoms with Gasteiger partial charge in [0.2, 0.25) is 0 Å². The second-order valence-electron chi connectivity index (χ2n) is 6.67. The number of pyridine rings is 1. The minimum atomic E-state index is -0.490. The number of nitrogens with two attached hydrogens (primary N) is 1. The molecular formula is C23H27N3O2. The second kappa shape index (κ2) is 9.33. The highest BCUT2D eigenvalue weighted by molar-refractivity contribution is 6.06. The Morgan fingerprint density at radius 3 is 2.50 bits per heavy atom. The first-order chi connectivity index (χ1) is 13.6. The summed E-state index contributed by atoms with van der Waals surface area (Å²) in [5.74, 6) is 0.238. The molecule has 3 rings (SSSR count). The molecule has 3 aromatic rings. The molecule has 0 atom stereocenters. The monoisotopic (exact) mass is 377 g/mol. The van der Waals surface area contributed by atoms with Crippen molar-refractivity contribution in [3.05, 3.63) is 60.2 Å². The fraction of sp³-hybridized carbons (Fsp3) is 0.304. The van der Waals surface area contributed by atoms with Gasteiger partial charge in [-0.3, -0.25) is 4.79 Å². The molecular weight excluding hydrogens is 350 g/mol. The number of para-hydroxylation sites is 1. The molecule has 0 saturated carbocycles. The van der Waals surface area contributed by atoms with Crippen LogP contribution in [-0.4, -0.2) is 42.0 Å². The Morgan fingerprint density at radius 1 is 1.07 bits per heavy atom. The number of amides is 1. The number of benzene rings is 2. The molecule has 0 aliphatic rings. The molecule has 0 spiro atoms. The lowest BCUT2D eigenvalue weighted by atomic mass is 10.1. The van der Waals surface area contributed by atoms with Crippen LogP contribution in [0.25, 0.3) is 22.2 Å². The molecule has 28 heavy (non-hydrogen) atoms. The van der Waals surface area contributed by atoms with Crippen LogP contribution in [0.15, 0.2) is 54.6 Å². The van der Waals surface area contributed by atoms with Crippen molar-refractivity contribution in [2.24, 2.45) is 5.73 Å². The summed E-state index contributed by atoms with van der Waals surface area (Å²) in [5.41, 5.74) is 8.30. The van der Waals surface area contributed by atoms with E-state index >= 15 is 0 Å². The van der Waals surface area contributed by atoms with Crippen LogP contribution in [0, 0.1) is 0 Å². The molecule has 0 aliphatic heterocycles. The van der Waals surface area contributed by atoms with E-state index in [1.54, 1.807) is 6.07 Å².